The lowest BCUT2D eigenvalue weighted by molar-refractivity contribution is 0.474. The number of phenolic OH excluding ortho intramolecular Hbond substituents is 1. The first-order valence-electron chi connectivity index (χ1n) is 3.93. The molecular formula is C10H12ClNO. The van der Waals surface area contributed by atoms with Crippen LogP contribution < -0.4 is 0 Å². The second-order valence-corrected chi connectivity index (χ2v) is 3.42. The van der Waals surface area contributed by atoms with Crippen LogP contribution in [0.4, 0.5) is 0 Å². The summed E-state index contributed by atoms with van der Waals surface area (Å²) in [6.07, 6.45) is 3.66. The van der Waals surface area contributed by atoms with Gasteiger partial charge < -0.3 is 10.0 Å². The van der Waals surface area contributed by atoms with Crippen molar-refractivity contribution in [2.45, 2.75) is 0 Å². The summed E-state index contributed by atoms with van der Waals surface area (Å²) in [6.45, 7) is 0. The molecular weight excluding hydrogens is 186 g/mol. The second kappa shape index (κ2) is 4.19. The minimum atomic E-state index is 0.238. The van der Waals surface area contributed by atoms with Gasteiger partial charge in [-0.25, -0.2) is 0 Å². The molecule has 0 saturated carbocycles. The van der Waals surface area contributed by atoms with E-state index in [2.05, 4.69) is 0 Å². The molecule has 1 rings (SSSR count). The Balaban J connectivity index is 2.93. The minimum absolute atomic E-state index is 0.238. The van der Waals surface area contributed by atoms with Crippen molar-refractivity contribution >= 4 is 17.7 Å². The van der Waals surface area contributed by atoms with Gasteiger partial charge in [0, 0.05) is 24.7 Å². The molecule has 0 fully saturated rings. The van der Waals surface area contributed by atoms with Crippen molar-refractivity contribution in [2.75, 3.05) is 14.1 Å². The largest absolute Gasteiger partial charge is 0.507 e. The van der Waals surface area contributed by atoms with Gasteiger partial charge >= 0.3 is 0 Å². The van der Waals surface area contributed by atoms with Gasteiger partial charge in [-0.1, -0.05) is 11.6 Å². The Bertz CT molecular complexity index is 321. The van der Waals surface area contributed by atoms with E-state index in [4.69, 9.17) is 11.6 Å². The normalized spacial score (nSPS) is 10.7. The van der Waals surface area contributed by atoms with Crippen LogP contribution in [0, 0.1) is 0 Å². The molecule has 0 heterocycles. The molecule has 0 unspecified atom stereocenters. The van der Waals surface area contributed by atoms with E-state index in [0.717, 1.165) is 5.56 Å². The quantitative estimate of drug-likeness (QED) is 0.788. The van der Waals surface area contributed by atoms with E-state index >= 15 is 0 Å². The fourth-order valence-corrected chi connectivity index (χ4v) is 1.07. The number of rotatable bonds is 2. The highest BCUT2D eigenvalue weighted by Gasteiger charge is 1.97. The molecule has 0 bridgehead atoms. The van der Waals surface area contributed by atoms with Crippen LogP contribution in [0.1, 0.15) is 5.56 Å². The second-order valence-electron chi connectivity index (χ2n) is 2.98. The first-order valence-corrected chi connectivity index (χ1v) is 4.30. The third-order valence-electron chi connectivity index (χ3n) is 1.54. The number of halogens is 1. The third-order valence-corrected chi connectivity index (χ3v) is 1.78. The van der Waals surface area contributed by atoms with Crippen molar-refractivity contribution in [1.29, 1.82) is 0 Å². The Labute approximate surface area is 83.1 Å². The van der Waals surface area contributed by atoms with Gasteiger partial charge in [0.1, 0.15) is 5.75 Å². The fourth-order valence-electron chi connectivity index (χ4n) is 0.888. The van der Waals surface area contributed by atoms with E-state index in [0.29, 0.717) is 5.02 Å². The highest BCUT2D eigenvalue weighted by atomic mass is 35.5. The van der Waals surface area contributed by atoms with E-state index in [1.807, 2.05) is 25.2 Å². The molecule has 0 saturated heterocycles. The lowest BCUT2D eigenvalue weighted by atomic mass is 10.2. The average Bonchev–Trinajstić information content (AvgIpc) is 2.06. The smallest absolute Gasteiger partial charge is 0.122 e. The van der Waals surface area contributed by atoms with Crippen molar-refractivity contribution < 1.29 is 5.11 Å². The van der Waals surface area contributed by atoms with Crippen LogP contribution in [0.2, 0.25) is 5.02 Å². The van der Waals surface area contributed by atoms with Gasteiger partial charge in [-0.15, -0.1) is 0 Å². The van der Waals surface area contributed by atoms with Crippen molar-refractivity contribution in [3.8, 4) is 5.75 Å². The maximum atomic E-state index is 9.42. The number of nitrogens with zero attached hydrogens (tertiary/aromatic N) is 1. The van der Waals surface area contributed by atoms with E-state index in [-0.39, 0.29) is 5.75 Å². The molecule has 0 aliphatic rings. The summed E-state index contributed by atoms with van der Waals surface area (Å²) in [4.78, 5) is 1.89. The Kier molecular flexibility index (Phi) is 3.20. The molecule has 0 aliphatic carbocycles. The summed E-state index contributed by atoms with van der Waals surface area (Å²) in [7, 11) is 3.83. The van der Waals surface area contributed by atoms with Gasteiger partial charge in [0.2, 0.25) is 0 Å². The molecule has 0 aliphatic heterocycles. The number of aromatic hydroxyl groups is 1. The molecule has 13 heavy (non-hydrogen) atoms. The summed E-state index contributed by atoms with van der Waals surface area (Å²) in [5.41, 5.74) is 0.723. The Morgan fingerprint density at radius 1 is 1.38 bits per heavy atom. The summed E-state index contributed by atoms with van der Waals surface area (Å²) < 4.78 is 0. The molecule has 1 N–H and O–H groups in total. The highest BCUT2D eigenvalue weighted by molar-refractivity contribution is 6.30. The zero-order valence-corrected chi connectivity index (χ0v) is 8.42. The average molecular weight is 198 g/mol. The summed E-state index contributed by atoms with van der Waals surface area (Å²) in [6, 6.07) is 4.96. The number of hydrogen-bond donors (Lipinski definition) is 1. The van der Waals surface area contributed by atoms with Crippen LogP contribution in [-0.4, -0.2) is 24.1 Å². The van der Waals surface area contributed by atoms with Gasteiger partial charge in [0.05, 0.1) is 0 Å². The van der Waals surface area contributed by atoms with Gasteiger partial charge in [-0.05, 0) is 30.5 Å². The summed E-state index contributed by atoms with van der Waals surface area (Å²) >= 11 is 5.77. The summed E-state index contributed by atoms with van der Waals surface area (Å²) in [5.74, 6) is 0.238. The Hall–Kier alpha value is -1.15. The Morgan fingerprint density at radius 3 is 2.69 bits per heavy atom. The van der Waals surface area contributed by atoms with Crippen molar-refractivity contribution in [3.63, 3.8) is 0 Å². The molecule has 0 spiro atoms. The minimum Gasteiger partial charge on any atom is -0.507 e. The van der Waals surface area contributed by atoms with Crippen LogP contribution in [0.15, 0.2) is 24.4 Å². The first-order chi connectivity index (χ1) is 6.09. The molecule has 0 aromatic heterocycles. The third kappa shape index (κ3) is 2.99. The standard InChI is InChI=1S/C10H12ClNO/c1-12(2)6-5-8-7-9(11)3-4-10(8)13/h3-7,13H,1-2H3. The predicted octanol–water partition coefficient (Wildman–Crippen LogP) is 2.58. The SMILES string of the molecule is CN(C)C=Cc1cc(Cl)ccc1O. The number of benzene rings is 1. The zero-order chi connectivity index (χ0) is 9.84. The van der Waals surface area contributed by atoms with E-state index in [9.17, 15) is 5.11 Å². The van der Waals surface area contributed by atoms with E-state index in [1.54, 1.807) is 24.3 Å². The summed E-state index contributed by atoms with van der Waals surface area (Å²) in [5, 5.41) is 10.0. The molecule has 0 amide bonds. The first kappa shape index (κ1) is 9.93. The van der Waals surface area contributed by atoms with Crippen LogP contribution >= 0.6 is 11.6 Å². The number of hydrogen-bond acceptors (Lipinski definition) is 2. The lowest BCUT2D eigenvalue weighted by Gasteiger charge is -2.04. The zero-order valence-electron chi connectivity index (χ0n) is 7.66. The molecule has 3 heteroatoms. The fraction of sp³-hybridized carbons (Fsp3) is 0.200. The van der Waals surface area contributed by atoms with Gasteiger partial charge in [-0.2, -0.15) is 0 Å². The van der Waals surface area contributed by atoms with Gasteiger partial charge in [0.25, 0.3) is 0 Å². The van der Waals surface area contributed by atoms with Crippen molar-refractivity contribution in [2.24, 2.45) is 0 Å². The number of phenols is 1. The molecule has 1 aromatic rings. The van der Waals surface area contributed by atoms with Crippen LogP contribution in [-0.2, 0) is 0 Å². The van der Waals surface area contributed by atoms with E-state index < -0.39 is 0 Å². The van der Waals surface area contributed by atoms with Crippen LogP contribution in [0.3, 0.4) is 0 Å². The maximum absolute atomic E-state index is 9.42. The predicted molar refractivity (Wildman–Crippen MR) is 55.8 cm³/mol. The van der Waals surface area contributed by atoms with Crippen LogP contribution in [0.5, 0.6) is 5.75 Å². The monoisotopic (exact) mass is 197 g/mol. The topological polar surface area (TPSA) is 23.5 Å². The van der Waals surface area contributed by atoms with Gasteiger partial charge in [0.15, 0.2) is 0 Å². The molecule has 1 aromatic carbocycles. The van der Waals surface area contributed by atoms with Crippen molar-refractivity contribution in [1.82, 2.24) is 4.90 Å². The highest BCUT2D eigenvalue weighted by Crippen LogP contribution is 2.22. The maximum Gasteiger partial charge on any atom is 0.122 e. The molecule has 70 valence electrons. The Morgan fingerprint density at radius 2 is 2.08 bits per heavy atom. The van der Waals surface area contributed by atoms with Gasteiger partial charge in [-0.3, -0.25) is 0 Å². The van der Waals surface area contributed by atoms with Crippen molar-refractivity contribution in [3.05, 3.63) is 35.0 Å². The molecule has 2 nitrogen and oxygen atoms in total. The van der Waals surface area contributed by atoms with Crippen LogP contribution in [0.25, 0.3) is 6.08 Å². The molecule has 0 radical (unpaired) electrons. The lowest BCUT2D eigenvalue weighted by Crippen LogP contribution is -1.99. The molecule has 0 atom stereocenters. The van der Waals surface area contributed by atoms with E-state index in [1.165, 1.54) is 0 Å².